The van der Waals surface area contributed by atoms with Crippen LogP contribution in [0.5, 0.6) is 0 Å². The number of hydrogen-bond donors (Lipinski definition) is 3. The minimum Gasteiger partial charge on any atom is -0.475 e. The summed E-state index contributed by atoms with van der Waals surface area (Å²) in [4.78, 5) is 39.3. The number of nitrogens with one attached hydrogen (secondary N) is 1. The van der Waals surface area contributed by atoms with Crippen LogP contribution in [0.2, 0.25) is 0 Å². The third kappa shape index (κ3) is 12.5. The van der Waals surface area contributed by atoms with E-state index in [9.17, 15) is 31.2 Å². The Morgan fingerprint density at radius 2 is 1.42 bits per heavy atom. The second kappa shape index (κ2) is 18.3. The Morgan fingerprint density at radius 3 is 2.04 bits per heavy atom. The van der Waals surface area contributed by atoms with Crippen molar-refractivity contribution < 1.29 is 41.1 Å². The molecular weight excluding hydrogens is 698 g/mol. The lowest BCUT2D eigenvalue weighted by atomic mass is 10.0. The standard InChI is InChI=1S/C36H38N4O4S.C2HF3O2/c37-45(43,44)34-17-14-29(15-18-34)26-40(35(41)19-16-28-8-2-1-3-9-28)27-30-10-6-11-31(24-30)32-12-7-13-33(25-32)36(42)38-20-23-39-21-4-5-22-39;3-2(4,5)1(6)7/h1-3,6-19,24-25H,4-5,20-23,26-27H2,(H,38,42)(H2,37,43,44);(H,6,7). The van der Waals surface area contributed by atoms with E-state index in [1.165, 1.54) is 25.0 Å². The van der Waals surface area contributed by atoms with Crippen molar-refractivity contribution in [2.45, 2.75) is 37.0 Å². The summed E-state index contributed by atoms with van der Waals surface area (Å²) in [5.74, 6) is -3.04. The van der Waals surface area contributed by atoms with Crippen LogP contribution < -0.4 is 10.5 Å². The molecule has 52 heavy (non-hydrogen) atoms. The normalized spacial score (nSPS) is 13.3. The first-order chi connectivity index (χ1) is 24.7. The summed E-state index contributed by atoms with van der Waals surface area (Å²) in [5.41, 5.74) is 5.03. The number of sulfonamides is 1. The molecule has 4 N–H and O–H groups in total. The number of nitrogens with zero attached hydrogens (tertiary/aromatic N) is 2. The number of likely N-dealkylation sites (tertiary alicyclic amines) is 1. The molecule has 0 spiro atoms. The lowest BCUT2D eigenvalue weighted by molar-refractivity contribution is -0.192. The van der Waals surface area contributed by atoms with E-state index in [1.54, 1.807) is 29.2 Å². The van der Waals surface area contributed by atoms with Gasteiger partial charge in [0.15, 0.2) is 0 Å². The quantitative estimate of drug-likeness (QED) is 0.158. The smallest absolute Gasteiger partial charge is 0.475 e. The third-order valence-electron chi connectivity index (χ3n) is 8.07. The maximum atomic E-state index is 13.5. The maximum absolute atomic E-state index is 13.5. The average molecular weight is 737 g/mol. The van der Waals surface area contributed by atoms with Crippen molar-refractivity contribution in [2.24, 2.45) is 5.14 Å². The highest BCUT2D eigenvalue weighted by molar-refractivity contribution is 7.89. The summed E-state index contributed by atoms with van der Waals surface area (Å²) in [6, 6.07) is 31.3. The Balaban J connectivity index is 0.000000785. The van der Waals surface area contributed by atoms with Crippen LogP contribution >= 0.6 is 0 Å². The Labute approximate surface area is 300 Å². The number of aliphatic carboxylic acids is 1. The number of carboxylic acid groups (broad SMARTS) is 1. The van der Waals surface area contributed by atoms with Crippen LogP contribution in [0.15, 0.2) is 114 Å². The lowest BCUT2D eigenvalue weighted by Crippen LogP contribution is -2.33. The van der Waals surface area contributed by atoms with E-state index in [-0.39, 0.29) is 23.3 Å². The fraction of sp³-hybridized carbons (Fsp3) is 0.237. The van der Waals surface area contributed by atoms with Crippen molar-refractivity contribution in [3.05, 3.63) is 131 Å². The van der Waals surface area contributed by atoms with Gasteiger partial charge in [0.05, 0.1) is 4.90 Å². The van der Waals surface area contributed by atoms with Crippen LogP contribution in [-0.2, 0) is 32.7 Å². The van der Waals surface area contributed by atoms with E-state index in [4.69, 9.17) is 15.0 Å². The minimum absolute atomic E-state index is 0.0169. The molecule has 1 aliphatic heterocycles. The van der Waals surface area contributed by atoms with Gasteiger partial charge in [0.2, 0.25) is 15.9 Å². The average Bonchev–Trinajstić information content (AvgIpc) is 3.64. The Hall–Kier alpha value is -5.31. The van der Waals surface area contributed by atoms with Crippen LogP contribution in [0.1, 0.15) is 39.9 Å². The second-order valence-electron chi connectivity index (χ2n) is 12.0. The first-order valence-corrected chi connectivity index (χ1v) is 17.9. The number of carboxylic acids is 1. The number of benzene rings is 4. The number of carbonyl (C=O) groups is 3. The molecule has 0 aromatic heterocycles. The van der Waals surface area contributed by atoms with E-state index in [0.717, 1.165) is 47.5 Å². The lowest BCUT2D eigenvalue weighted by Gasteiger charge is -2.22. The largest absolute Gasteiger partial charge is 0.490 e. The zero-order valence-corrected chi connectivity index (χ0v) is 28.9. The number of primary sulfonamides is 1. The summed E-state index contributed by atoms with van der Waals surface area (Å²) in [6.07, 6.45) is 0.681. The zero-order chi connectivity index (χ0) is 37.7. The van der Waals surface area contributed by atoms with Crippen molar-refractivity contribution in [3.8, 4) is 11.1 Å². The molecule has 10 nitrogen and oxygen atoms in total. The minimum atomic E-state index is -5.08. The third-order valence-corrected chi connectivity index (χ3v) is 9.00. The predicted octanol–water partition coefficient (Wildman–Crippen LogP) is 5.70. The molecule has 1 aliphatic rings. The summed E-state index contributed by atoms with van der Waals surface area (Å²) in [5, 5.41) is 15.4. The van der Waals surface area contributed by atoms with Crippen LogP contribution in [0.3, 0.4) is 0 Å². The SMILES string of the molecule is NS(=O)(=O)c1ccc(CN(Cc2cccc(-c3cccc(C(=O)NCCN4CCCC4)c3)c2)C(=O)C=Cc2ccccc2)cc1.O=C(O)C(F)(F)F. The summed E-state index contributed by atoms with van der Waals surface area (Å²) >= 11 is 0. The fourth-order valence-electron chi connectivity index (χ4n) is 5.40. The molecule has 2 amide bonds. The summed E-state index contributed by atoms with van der Waals surface area (Å²) < 4.78 is 55.2. The molecule has 0 atom stereocenters. The van der Waals surface area contributed by atoms with Gasteiger partial charge in [0.1, 0.15) is 0 Å². The highest BCUT2D eigenvalue weighted by Gasteiger charge is 2.38. The molecule has 5 rings (SSSR count). The number of hydrogen-bond acceptors (Lipinski definition) is 6. The molecule has 0 saturated carbocycles. The van der Waals surface area contributed by atoms with Gasteiger partial charge in [-0.3, -0.25) is 9.59 Å². The van der Waals surface area contributed by atoms with Gasteiger partial charge in [-0.05, 0) is 90.2 Å². The molecule has 0 aliphatic carbocycles. The first kappa shape index (κ1) is 39.5. The van der Waals surface area contributed by atoms with E-state index in [0.29, 0.717) is 18.7 Å². The van der Waals surface area contributed by atoms with Gasteiger partial charge in [-0.25, -0.2) is 18.4 Å². The fourth-order valence-corrected chi connectivity index (χ4v) is 5.91. The molecule has 1 heterocycles. The van der Waals surface area contributed by atoms with Crippen LogP contribution in [0.4, 0.5) is 13.2 Å². The van der Waals surface area contributed by atoms with Crippen molar-refractivity contribution in [1.82, 2.24) is 15.1 Å². The summed E-state index contributed by atoms with van der Waals surface area (Å²) in [6.45, 7) is 4.25. The second-order valence-corrected chi connectivity index (χ2v) is 13.6. The highest BCUT2D eigenvalue weighted by atomic mass is 32.2. The highest BCUT2D eigenvalue weighted by Crippen LogP contribution is 2.23. The van der Waals surface area contributed by atoms with Crippen LogP contribution in [0.25, 0.3) is 17.2 Å². The Kier molecular flexibility index (Phi) is 13.9. The molecule has 0 bridgehead atoms. The van der Waals surface area contributed by atoms with Gasteiger partial charge >= 0.3 is 12.1 Å². The van der Waals surface area contributed by atoms with Gasteiger partial charge in [-0.2, -0.15) is 13.2 Å². The maximum Gasteiger partial charge on any atom is 0.490 e. The zero-order valence-electron chi connectivity index (χ0n) is 28.1. The van der Waals surface area contributed by atoms with Gasteiger partial charge in [-0.1, -0.05) is 72.8 Å². The molecule has 1 saturated heterocycles. The van der Waals surface area contributed by atoms with Gasteiger partial charge in [-0.15, -0.1) is 0 Å². The van der Waals surface area contributed by atoms with Crippen molar-refractivity contribution in [3.63, 3.8) is 0 Å². The first-order valence-electron chi connectivity index (χ1n) is 16.3. The number of nitrogens with two attached hydrogens (primary N) is 1. The molecule has 0 radical (unpaired) electrons. The molecule has 1 fully saturated rings. The van der Waals surface area contributed by atoms with Gasteiger partial charge in [0, 0.05) is 37.8 Å². The Bertz CT molecular complexity index is 1960. The van der Waals surface area contributed by atoms with Gasteiger partial charge < -0.3 is 20.2 Å². The number of amides is 2. The van der Waals surface area contributed by atoms with Crippen LogP contribution in [0, 0.1) is 0 Å². The summed E-state index contributed by atoms with van der Waals surface area (Å²) in [7, 11) is -3.82. The van der Waals surface area contributed by atoms with Crippen molar-refractivity contribution in [2.75, 3.05) is 26.2 Å². The van der Waals surface area contributed by atoms with Crippen molar-refractivity contribution in [1.29, 1.82) is 0 Å². The molecule has 4 aromatic rings. The number of alkyl halides is 3. The molecular formula is C38H39F3N4O6S. The topological polar surface area (TPSA) is 150 Å². The molecule has 14 heteroatoms. The van der Waals surface area contributed by atoms with E-state index < -0.39 is 22.2 Å². The number of carbonyl (C=O) groups excluding carboxylic acids is 2. The van der Waals surface area contributed by atoms with Crippen molar-refractivity contribution >= 4 is 33.9 Å². The Morgan fingerprint density at radius 1 is 0.827 bits per heavy atom. The molecule has 274 valence electrons. The van der Waals surface area contributed by atoms with Gasteiger partial charge in [0.25, 0.3) is 5.91 Å². The van der Waals surface area contributed by atoms with Crippen LogP contribution in [-0.4, -0.2) is 73.5 Å². The monoisotopic (exact) mass is 736 g/mol. The number of rotatable bonds is 12. The number of halogens is 3. The predicted molar refractivity (Wildman–Crippen MR) is 191 cm³/mol. The molecule has 0 unspecified atom stereocenters. The van der Waals surface area contributed by atoms with E-state index >= 15 is 0 Å². The van der Waals surface area contributed by atoms with E-state index in [2.05, 4.69) is 10.2 Å². The molecule has 4 aromatic carbocycles. The van der Waals surface area contributed by atoms with E-state index in [1.807, 2.05) is 78.9 Å².